The lowest BCUT2D eigenvalue weighted by molar-refractivity contribution is -0.127. The minimum atomic E-state index is -0.637. The second kappa shape index (κ2) is 5.50. The van der Waals surface area contributed by atoms with Gasteiger partial charge in [-0.2, -0.15) is 0 Å². The normalized spacial score (nSPS) is 18.9. The van der Waals surface area contributed by atoms with Gasteiger partial charge >= 0.3 is 0 Å². The second-order valence-corrected chi connectivity index (χ2v) is 6.45. The average Bonchev–Trinajstić information content (AvgIpc) is 2.73. The maximum absolute atomic E-state index is 12.1. The van der Waals surface area contributed by atoms with E-state index in [1.807, 2.05) is 11.4 Å². The summed E-state index contributed by atoms with van der Waals surface area (Å²) in [6, 6.07) is 1.99. The maximum atomic E-state index is 12.1. The molecule has 5 heteroatoms. The summed E-state index contributed by atoms with van der Waals surface area (Å²) in [6.07, 6.45) is 4.94. The van der Waals surface area contributed by atoms with Gasteiger partial charge in [0, 0.05) is 9.35 Å². The molecule has 3 nitrogen and oxygen atoms in total. The Bertz CT molecular complexity index is 399. The molecule has 0 radical (unpaired) electrons. The zero-order valence-corrected chi connectivity index (χ0v) is 12.1. The summed E-state index contributed by atoms with van der Waals surface area (Å²) in [5.74, 6) is -0.00231. The van der Waals surface area contributed by atoms with E-state index in [0.29, 0.717) is 6.54 Å². The summed E-state index contributed by atoms with van der Waals surface area (Å²) in [4.78, 5) is 13.2. The van der Waals surface area contributed by atoms with E-state index in [2.05, 4.69) is 21.2 Å². The lowest BCUT2D eigenvalue weighted by atomic mass is 9.82. The van der Waals surface area contributed by atoms with Crippen molar-refractivity contribution in [2.24, 2.45) is 5.73 Å². The van der Waals surface area contributed by atoms with Crippen LogP contribution >= 0.6 is 27.3 Å². The van der Waals surface area contributed by atoms with E-state index in [9.17, 15) is 4.79 Å². The molecule has 0 bridgehead atoms. The molecule has 1 fully saturated rings. The second-order valence-electron chi connectivity index (χ2n) is 4.59. The van der Waals surface area contributed by atoms with Gasteiger partial charge in [0.05, 0.1) is 12.1 Å². The topological polar surface area (TPSA) is 55.1 Å². The molecule has 0 aliphatic heterocycles. The van der Waals surface area contributed by atoms with Gasteiger partial charge in [-0.3, -0.25) is 4.79 Å². The molecule has 0 saturated heterocycles. The van der Waals surface area contributed by atoms with Crippen LogP contribution in [0.25, 0.3) is 0 Å². The number of carbonyl (C=O) groups is 1. The van der Waals surface area contributed by atoms with E-state index in [-0.39, 0.29) is 5.91 Å². The lowest BCUT2D eigenvalue weighted by Crippen LogP contribution is -2.54. The third kappa shape index (κ3) is 3.09. The van der Waals surface area contributed by atoms with E-state index < -0.39 is 5.54 Å². The monoisotopic (exact) mass is 316 g/mol. The highest BCUT2D eigenvalue weighted by molar-refractivity contribution is 9.10. The first-order chi connectivity index (χ1) is 8.12. The summed E-state index contributed by atoms with van der Waals surface area (Å²) in [7, 11) is 0. The number of thiophene rings is 1. The average molecular weight is 317 g/mol. The Morgan fingerprint density at radius 2 is 2.18 bits per heavy atom. The summed E-state index contributed by atoms with van der Waals surface area (Å²) < 4.78 is 1.05. The summed E-state index contributed by atoms with van der Waals surface area (Å²) in [6.45, 7) is 0.566. The molecular formula is C12H17BrN2OS. The fraction of sp³-hybridized carbons (Fsp3) is 0.583. The molecule has 3 N–H and O–H groups in total. The van der Waals surface area contributed by atoms with Crippen LogP contribution in [0.4, 0.5) is 0 Å². The Morgan fingerprint density at radius 3 is 2.76 bits per heavy atom. The van der Waals surface area contributed by atoms with Crippen molar-refractivity contribution < 1.29 is 4.79 Å². The van der Waals surface area contributed by atoms with E-state index in [4.69, 9.17) is 5.73 Å². The molecule has 94 valence electrons. The van der Waals surface area contributed by atoms with Crippen LogP contribution in [-0.2, 0) is 11.3 Å². The summed E-state index contributed by atoms with van der Waals surface area (Å²) in [5, 5.41) is 4.96. The van der Waals surface area contributed by atoms with Crippen molar-refractivity contribution in [2.75, 3.05) is 0 Å². The van der Waals surface area contributed by atoms with E-state index in [0.717, 1.165) is 35.0 Å². The first-order valence-electron chi connectivity index (χ1n) is 5.91. The van der Waals surface area contributed by atoms with Gasteiger partial charge < -0.3 is 11.1 Å². The van der Waals surface area contributed by atoms with Crippen molar-refractivity contribution in [3.63, 3.8) is 0 Å². The standard InChI is InChI=1S/C12H17BrN2OS/c13-9-4-7-17-10(9)8-15-11(16)12(14)5-2-1-3-6-12/h4,7H,1-3,5-6,8,14H2,(H,15,16). The molecular weight excluding hydrogens is 300 g/mol. The Balaban J connectivity index is 1.91. The largest absolute Gasteiger partial charge is 0.350 e. The Morgan fingerprint density at radius 1 is 1.47 bits per heavy atom. The van der Waals surface area contributed by atoms with Gasteiger partial charge in [0.2, 0.25) is 5.91 Å². The van der Waals surface area contributed by atoms with Gasteiger partial charge in [-0.15, -0.1) is 11.3 Å². The van der Waals surface area contributed by atoms with Crippen molar-refractivity contribution >= 4 is 33.2 Å². The third-order valence-corrected chi connectivity index (χ3v) is 5.22. The molecule has 1 amide bonds. The van der Waals surface area contributed by atoms with Crippen LogP contribution in [0, 0.1) is 0 Å². The molecule has 0 spiro atoms. The van der Waals surface area contributed by atoms with E-state index in [1.54, 1.807) is 11.3 Å². The summed E-state index contributed by atoms with van der Waals surface area (Å²) in [5.41, 5.74) is 5.52. The van der Waals surface area contributed by atoms with Crippen molar-refractivity contribution in [3.8, 4) is 0 Å². The van der Waals surface area contributed by atoms with Crippen LogP contribution in [0.15, 0.2) is 15.9 Å². The highest BCUT2D eigenvalue weighted by Crippen LogP contribution is 2.27. The smallest absolute Gasteiger partial charge is 0.240 e. The van der Waals surface area contributed by atoms with E-state index >= 15 is 0 Å². The number of carbonyl (C=O) groups excluding carboxylic acids is 1. The fourth-order valence-electron chi connectivity index (χ4n) is 2.20. The number of nitrogens with one attached hydrogen (secondary N) is 1. The number of hydrogen-bond donors (Lipinski definition) is 2. The quantitative estimate of drug-likeness (QED) is 0.901. The highest BCUT2D eigenvalue weighted by atomic mass is 79.9. The Kier molecular flexibility index (Phi) is 4.22. The number of halogens is 1. The Labute approximate surface area is 114 Å². The highest BCUT2D eigenvalue weighted by Gasteiger charge is 2.34. The zero-order valence-electron chi connectivity index (χ0n) is 9.67. The third-order valence-electron chi connectivity index (χ3n) is 3.30. The van der Waals surface area contributed by atoms with Crippen LogP contribution < -0.4 is 11.1 Å². The zero-order chi connectivity index (χ0) is 12.3. The van der Waals surface area contributed by atoms with Crippen molar-refractivity contribution in [1.29, 1.82) is 0 Å². The predicted octanol–water partition coefficient (Wildman–Crippen LogP) is 2.79. The first kappa shape index (κ1) is 13.1. The Hall–Kier alpha value is -0.390. The van der Waals surface area contributed by atoms with Crippen molar-refractivity contribution in [2.45, 2.75) is 44.2 Å². The molecule has 0 atom stereocenters. The molecule has 1 aliphatic rings. The van der Waals surface area contributed by atoms with Crippen molar-refractivity contribution in [1.82, 2.24) is 5.32 Å². The lowest BCUT2D eigenvalue weighted by Gasteiger charge is -2.31. The number of hydrogen-bond acceptors (Lipinski definition) is 3. The van der Waals surface area contributed by atoms with Gasteiger partial charge in [0.1, 0.15) is 0 Å². The fourth-order valence-corrected chi connectivity index (χ4v) is 3.63. The molecule has 1 heterocycles. The molecule has 17 heavy (non-hydrogen) atoms. The van der Waals surface area contributed by atoms with Crippen LogP contribution in [0.3, 0.4) is 0 Å². The van der Waals surface area contributed by atoms with Gasteiger partial charge in [-0.25, -0.2) is 0 Å². The van der Waals surface area contributed by atoms with Crippen molar-refractivity contribution in [3.05, 3.63) is 20.8 Å². The van der Waals surface area contributed by atoms with Crippen LogP contribution in [0.1, 0.15) is 37.0 Å². The number of amides is 1. The maximum Gasteiger partial charge on any atom is 0.240 e. The molecule has 1 aromatic heterocycles. The minimum Gasteiger partial charge on any atom is -0.350 e. The number of rotatable bonds is 3. The predicted molar refractivity (Wildman–Crippen MR) is 73.9 cm³/mol. The molecule has 2 rings (SSSR count). The van der Waals surface area contributed by atoms with Crippen LogP contribution in [0.5, 0.6) is 0 Å². The van der Waals surface area contributed by atoms with Crippen LogP contribution in [0.2, 0.25) is 0 Å². The van der Waals surface area contributed by atoms with Crippen LogP contribution in [-0.4, -0.2) is 11.4 Å². The van der Waals surface area contributed by atoms with E-state index in [1.165, 1.54) is 6.42 Å². The van der Waals surface area contributed by atoms with Gasteiger partial charge in [-0.05, 0) is 40.2 Å². The van der Waals surface area contributed by atoms with Gasteiger partial charge in [0.15, 0.2) is 0 Å². The minimum absolute atomic E-state index is 0.00231. The number of nitrogens with two attached hydrogens (primary N) is 1. The molecule has 1 aliphatic carbocycles. The summed E-state index contributed by atoms with van der Waals surface area (Å²) >= 11 is 5.09. The first-order valence-corrected chi connectivity index (χ1v) is 7.58. The molecule has 1 saturated carbocycles. The van der Waals surface area contributed by atoms with Gasteiger partial charge in [0.25, 0.3) is 0 Å². The molecule has 0 unspecified atom stereocenters. The van der Waals surface area contributed by atoms with Gasteiger partial charge in [-0.1, -0.05) is 19.3 Å². The molecule has 1 aromatic rings. The SMILES string of the molecule is NC1(C(=O)NCc2sccc2Br)CCCCC1. The molecule has 0 aromatic carbocycles.